The van der Waals surface area contributed by atoms with Crippen LogP contribution in [0.1, 0.15) is 67.2 Å². The molecule has 0 radical (unpaired) electrons. The highest BCUT2D eigenvalue weighted by Gasteiger charge is 2.18. The first kappa shape index (κ1) is 23.1. The van der Waals surface area contributed by atoms with E-state index in [2.05, 4.69) is 0 Å². The lowest BCUT2D eigenvalue weighted by molar-refractivity contribution is 0.0452. The maximum absolute atomic E-state index is 11.9. The molecule has 1 aromatic rings. The molecule has 0 aliphatic rings. The molecule has 0 saturated heterocycles. The number of unbranched alkanes of at least 4 members (excludes halogenated alkanes) is 2. The molecule has 1 unspecified atom stereocenters. The number of aliphatic hydroxyl groups is 2. The molecule has 0 amide bonds. The number of carbonyl (C=O) groups is 2. The number of benzene rings is 1. The number of hydrogen-bond acceptors (Lipinski definition) is 6. The Bertz CT molecular complexity index is 457. The van der Waals surface area contributed by atoms with E-state index in [1.165, 1.54) is 6.92 Å². The van der Waals surface area contributed by atoms with Crippen LogP contribution in [-0.2, 0) is 9.47 Å². The third kappa shape index (κ3) is 10.5. The Morgan fingerprint density at radius 2 is 1.32 bits per heavy atom. The van der Waals surface area contributed by atoms with Gasteiger partial charge in [-0.1, -0.05) is 38.8 Å². The maximum Gasteiger partial charge on any atom is 0.339 e. The minimum Gasteiger partial charge on any atom is -0.462 e. The van der Waals surface area contributed by atoms with E-state index in [1.54, 1.807) is 24.3 Å². The lowest BCUT2D eigenvalue weighted by Crippen LogP contribution is -2.14. The molecule has 0 aromatic heterocycles. The second kappa shape index (κ2) is 14.4. The average Bonchev–Trinajstić information content (AvgIpc) is 2.62. The highest BCUT2D eigenvalue weighted by atomic mass is 16.5. The van der Waals surface area contributed by atoms with Crippen molar-refractivity contribution in [2.75, 3.05) is 19.8 Å². The van der Waals surface area contributed by atoms with Crippen LogP contribution in [0, 0.1) is 0 Å². The van der Waals surface area contributed by atoms with Crippen molar-refractivity contribution in [2.45, 2.75) is 52.6 Å². The highest BCUT2D eigenvalue weighted by Crippen LogP contribution is 2.12. The third-order valence-corrected chi connectivity index (χ3v) is 3.09. The van der Waals surface area contributed by atoms with E-state index in [0.717, 1.165) is 25.7 Å². The molecular weight excluding hydrogens is 324 g/mol. The van der Waals surface area contributed by atoms with Crippen LogP contribution in [0.2, 0.25) is 0 Å². The van der Waals surface area contributed by atoms with E-state index in [4.69, 9.17) is 19.7 Å². The smallest absolute Gasteiger partial charge is 0.339 e. The Kier molecular flexibility index (Phi) is 13.3. The van der Waals surface area contributed by atoms with Crippen LogP contribution >= 0.6 is 0 Å². The summed E-state index contributed by atoms with van der Waals surface area (Å²) in [5, 5.41) is 16.0. The lowest BCUT2D eigenvalue weighted by atomic mass is 10.1. The lowest BCUT2D eigenvalue weighted by Gasteiger charge is -2.09. The van der Waals surface area contributed by atoms with Crippen molar-refractivity contribution < 1.29 is 29.3 Å². The van der Waals surface area contributed by atoms with Crippen molar-refractivity contribution in [1.82, 2.24) is 0 Å². The summed E-state index contributed by atoms with van der Waals surface area (Å²) in [7, 11) is 0. The number of rotatable bonds is 9. The Morgan fingerprint density at radius 3 is 1.60 bits per heavy atom. The molecule has 0 aliphatic carbocycles. The van der Waals surface area contributed by atoms with Gasteiger partial charge in [0.05, 0.1) is 37.1 Å². The largest absolute Gasteiger partial charge is 0.462 e. The average molecular weight is 354 g/mol. The molecule has 0 saturated carbocycles. The van der Waals surface area contributed by atoms with Crippen LogP contribution in [0.4, 0.5) is 0 Å². The van der Waals surface area contributed by atoms with Crippen molar-refractivity contribution in [1.29, 1.82) is 0 Å². The van der Waals surface area contributed by atoms with E-state index in [9.17, 15) is 9.59 Å². The molecule has 142 valence electrons. The molecular formula is C19H30O6. The third-order valence-electron chi connectivity index (χ3n) is 3.09. The fraction of sp³-hybridized carbons (Fsp3) is 0.579. The van der Waals surface area contributed by atoms with Crippen LogP contribution < -0.4 is 0 Å². The minimum absolute atomic E-state index is 0.139. The van der Waals surface area contributed by atoms with Gasteiger partial charge >= 0.3 is 11.9 Å². The van der Waals surface area contributed by atoms with E-state index >= 15 is 0 Å². The summed E-state index contributed by atoms with van der Waals surface area (Å²) in [4.78, 5) is 23.9. The predicted octanol–water partition coefficient (Wildman–Crippen LogP) is 2.96. The Balaban J connectivity index is 0.00000101. The standard InChI is InChI=1S/C16H22O4.C3H8O2/c1-3-5-11-19-15(17)13-9-7-8-10-14(13)16(18)20-12-6-4-2;1-3(5)2-4/h7-10H,3-6,11-12H2,1-2H3;3-5H,2H2,1H3. The number of carbonyl (C=O) groups excluding carboxylic acids is 2. The number of esters is 2. The van der Waals surface area contributed by atoms with Crippen LogP contribution in [-0.4, -0.2) is 48.1 Å². The van der Waals surface area contributed by atoms with Crippen LogP contribution in [0.15, 0.2) is 24.3 Å². The van der Waals surface area contributed by atoms with Gasteiger partial charge in [-0.2, -0.15) is 0 Å². The summed E-state index contributed by atoms with van der Waals surface area (Å²) in [6, 6.07) is 6.59. The zero-order valence-electron chi connectivity index (χ0n) is 15.4. The van der Waals surface area contributed by atoms with E-state index in [-0.39, 0.29) is 17.7 Å². The molecule has 2 N–H and O–H groups in total. The predicted molar refractivity (Wildman–Crippen MR) is 95.6 cm³/mol. The van der Waals surface area contributed by atoms with Crippen molar-refractivity contribution >= 4 is 11.9 Å². The van der Waals surface area contributed by atoms with Crippen molar-refractivity contribution in [3.05, 3.63) is 35.4 Å². The summed E-state index contributed by atoms with van der Waals surface area (Å²) in [6.45, 7) is 6.17. The van der Waals surface area contributed by atoms with Gasteiger partial charge in [-0.05, 0) is 31.9 Å². The molecule has 1 rings (SSSR count). The highest BCUT2D eigenvalue weighted by molar-refractivity contribution is 6.03. The fourth-order valence-electron chi connectivity index (χ4n) is 1.61. The molecule has 6 nitrogen and oxygen atoms in total. The topological polar surface area (TPSA) is 93.1 Å². The minimum atomic E-state index is -0.560. The van der Waals surface area contributed by atoms with E-state index < -0.39 is 18.0 Å². The van der Waals surface area contributed by atoms with Crippen LogP contribution in [0.25, 0.3) is 0 Å². The number of hydrogen-bond donors (Lipinski definition) is 2. The summed E-state index contributed by atoms with van der Waals surface area (Å²) in [5.74, 6) is -0.942. The molecule has 1 atom stereocenters. The van der Waals surface area contributed by atoms with Crippen LogP contribution in [0.3, 0.4) is 0 Å². The van der Waals surface area contributed by atoms with Gasteiger partial charge in [0.2, 0.25) is 0 Å². The normalized spacial score (nSPS) is 11.1. The number of aliphatic hydroxyl groups excluding tert-OH is 2. The monoisotopic (exact) mass is 354 g/mol. The van der Waals surface area contributed by atoms with Gasteiger partial charge in [-0.25, -0.2) is 9.59 Å². The summed E-state index contributed by atoms with van der Waals surface area (Å²) in [5.41, 5.74) is 0.537. The first-order valence-corrected chi connectivity index (χ1v) is 8.70. The second-order valence-corrected chi connectivity index (χ2v) is 5.56. The zero-order valence-corrected chi connectivity index (χ0v) is 15.4. The molecule has 0 heterocycles. The quantitative estimate of drug-likeness (QED) is 0.523. The van der Waals surface area contributed by atoms with E-state index in [0.29, 0.717) is 13.2 Å². The summed E-state index contributed by atoms with van der Waals surface area (Å²) >= 11 is 0. The molecule has 1 aromatic carbocycles. The first-order valence-electron chi connectivity index (χ1n) is 8.70. The summed E-state index contributed by atoms with van der Waals surface area (Å²) < 4.78 is 10.3. The molecule has 25 heavy (non-hydrogen) atoms. The number of ether oxygens (including phenoxy) is 2. The SMILES string of the molecule is CC(O)CO.CCCCOC(=O)c1ccccc1C(=O)OCCCC. The molecule has 0 spiro atoms. The van der Waals surface area contributed by atoms with Crippen molar-refractivity contribution in [2.24, 2.45) is 0 Å². The molecule has 6 heteroatoms. The molecule has 0 fully saturated rings. The first-order chi connectivity index (χ1) is 12.0. The van der Waals surface area contributed by atoms with Crippen molar-refractivity contribution in [3.63, 3.8) is 0 Å². The van der Waals surface area contributed by atoms with Crippen molar-refractivity contribution in [3.8, 4) is 0 Å². The van der Waals surface area contributed by atoms with Gasteiger partial charge in [0.15, 0.2) is 0 Å². The Labute approximate surface area is 149 Å². The van der Waals surface area contributed by atoms with Gasteiger partial charge < -0.3 is 19.7 Å². The van der Waals surface area contributed by atoms with E-state index in [1.807, 2.05) is 13.8 Å². The molecule has 0 bridgehead atoms. The van der Waals surface area contributed by atoms with Gasteiger partial charge in [0.1, 0.15) is 0 Å². The zero-order chi connectivity index (χ0) is 19.1. The summed E-state index contributed by atoms with van der Waals surface area (Å²) in [6.07, 6.45) is 2.97. The second-order valence-electron chi connectivity index (χ2n) is 5.56. The Morgan fingerprint density at radius 1 is 0.960 bits per heavy atom. The van der Waals surface area contributed by atoms with Gasteiger partial charge in [0, 0.05) is 0 Å². The fourth-order valence-corrected chi connectivity index (χ4v) is 1.61. The maximum atomic E-state index is 11.9. The van der Waals surface area contributed by atoms with Gasteiger partial charge in [0.25, 0.3) is 0 Å². The van der Waals surface area contributed by atoms with Crippen LogP contribution in [0.5, 0.6) is 0 Å². The Hall–Kier alpha value is -1.92. The van der Waals surface area contributed by atoms with Gasteiger partial charge in [-0.15, -0.1) is 0 Å². The van der Waals surface area contributed by atoms with Gasteiger partial charge in [-0.3, -0.25) is 0 Å². The molecule has 0 aliphatic heterocycles.